The number of methoxy groups -OCH3 is 1. The summed E-state index contributed by atoms with van der Waals surface area (Å²) < 4.78 is 64.3. The molecule has 0 saturated heterocycles. The highest BCUT2D eigenvalue weighted by atomic mass is 32.2. The van der Waals surface area contributed by atoms with Crippen LogP contribution in [0.2, 0.25) is 0 Å². The number of nitrogens with two attached hydrogens (primary N) is 1. The molecule has 2 aromatic rings. The highest BCUT2D eigenvalue weighted by molar-refractivity contribution is 7.92. The van der Waals surface area contributed by atoms with E-state index in [-0.39, 0.29) is 42.3 Å². The fraction of sp³-hybridized carbons (Fsp3) is 0.222. The standard InChI is InChI=1S/C15H14F2N2O4S.C3H6.H2/c1-22-14-8-10(2-3-11(14)16)24(20,21)19-4-5-23-15-12(17)6-9(18)7-13(15)19;1-3-2;/h2-3,6-8H,4-5,18H2,1H3;3H,1H2,2H3;1H. The zero-order valence-corrected chi connectivity index (χ0v) is 15.7. The van der Waals surface area contributed by atoms with Crippen LogP contribution >= 0.6 is 0 Å². The van der Waals surface area contributed by atoms with Gasteiger partial charge in [0.15, 0.2) is 23.1 Å². The van der Waals surface area contributed by atoms with Crippen LogP contribution < -0.4 is 19.5 Å². The quantitative estimate of drug-likeness (QED) is 0.629. The average molecular weight is 400 g/mol. The predicted octanol–water partition coefficient (Wildman–Crippen LogP) is 3.58. The zero-order valence-electron chi connectivity index (χ0n) is 14.9. The van der Waals surface area contributed by atoms with Crippen molar-refractivity contribution in [1.82, 2.24) is 0 Å². The van der Waals surface area contributed by atoms with Crippen LogP contribution in [0.3, 0.4) is 0 Å². The van der Waals surface area contributed by atoms with Gasteiger partial charge in [0, 0.05) is 19.2 Å². The van der Waals surface area contributed by atoms with E-state index in [1.165, 1.54) is 13.2 Å². The number of anilines is 2. The lowest BCUT2D eigenvalue weighted by Gasteiger charge is -2.31. The van der Waals surface area contributed by atoms with Gasteiger partial charge in [-0.2, -0.15) is 0 Å². The van der Waals surface area contributed by atoms with Gasteiger partial charge in [0.25, 0.3) is 10.0 Å². The fourth-order valence-corrected chi connectivity index (χ4v) is 3.92. The van der Waals surface area contributed by atoms with Gasteiger partial charge < -0.3 is 15.2 Å². The minimum atomic E-state index is -4.07. The van der Waals surface area contributed by atoms with E-state index in [4.69, 9.17) is 15.2 Å². The first-order valence-corrected chi connectivity index (χ1v) is 9.35. The average Bonchev–Trinajstić information content (AvgIpc) is 2.62. The third-order valence-electron chi connectivity index (χ3n) is 3.57. The van der Waals surface area contributed by atoms with Gasteiger partial charge in [0.05, 0.1) is 24.2 Å². The summed E-state index contributed by atoms with van der Waals surface area (Å²) in [5.41, 5.74) is 5.67. The van der Waals surface area contributed by atoms with Gasteiger partial charge in [-0.1, -0.05) is 6.08 Å². The number of hydrogen-bond acceptors (Lipinski definition) is 5. The highest BCUT2D eigenvalue weighted by Gasteiger charge is 2.32. The number of nitrogens with zero attached hydrogens (tertiary/aromatic N) is 1. The summed E-state index contributed by atoms with van der Waals surface area (Å²) in [4.78, 5) is -0.184. The van der Waals surface area contributed by atoms with Crippen LogP contribution in [0.25, 0.3) is 0 Å². The molecule has 1 aliphatic rings. The van der Waals surface area contributed by atoms with Gasteiger partial charge >= 0.3 is 0 Å². The van der Waals surface area contributed by atoms with Gasteiger partial charge in [-0.05, 0) is 25.1 Å². The van der Waals surface area contributed by atoms with Crippen LogP contribution in [0.4, 0.5) is 20.2 Å². The molecule has 0 aromatic heterocycles. The molecule has 9 heteroatoms. The van der Waals surface area contributed by atoms with E-state index in [1.807, 2.05) is 6.92 Å². The Balaban J connectivity index is 0.000000921. The highest BCUT2D eigenvalue weighted by Crippen LogP contribution is 2.39. The van der Waals surface area contributed by atoms with Crippen LogP contribution in [0.15, 0.2) is 47.9 Å². The molecule has 1 aliphatic heterocycles. The van der Waals surface area contributed by atoms with E-state index in [0.29, 0.717) is 0 Å². The SMILES string of the molecule is C=CC.COc1cc(S(=O)(=O)N2CCOc3c(F)cc(N)cc32)ccc1F.[HH]. The van der Waals surface area contributed by atoms with Gasteiger partial charge in [-0.25, -0.2) is 17.2 Å². The number of halogens is 2. The number of hydrogen-bond donors (Lipinski definition) is 1. The monoisotopic (exact) mass is 400 g/mol. The fourth-order valence-electron chi connectivity index (χ4n) is 2.46. The molecule has 0 fully saturated rings. The first kappa shape index (κ1) is 20.5. The second-order valence-electron chi connectivity index (χ2n) is 5.48. The summed E-state index contributed by atoms with van der Waals surface area (Å²) in [6, 6.07) is 5.55. The summed E-state index contributed by atoms with van der Waals surface area (Å²) in [7, 11) is -2.84. The van der Waals surface area contributed by atoms with E-state index in [2.05, 4.69) is 6.58 Å². The molecule has 0 atom stereocenters. The van der Waals surface area contributed by atoms with E-state index in [0.717, 1.165) is 28.6 Å². The molecule has 0 unspecified atom stereocenters. The van der Waals surface area contributed by atoms with Crippen molar-refractivity contribution in [1.29, 1.82) is 0 Å². The number of sulfonamides is 1. The van der Waals surface area contributed by atoms with Crippen LogP contribution in [-0.2, 0) is 10.0 Å². The lowest BCUT2D eigenvalue weighted by molar-refractivity contribution is 0.299. The van der Waals surface area contributed by atoms with E-state index >= 15 is 0 Å². The van der Waals surface area contributed by atoms with Crippen LogP contribution in [-0.4, -0.2) is 28.7 Å². The van der Waals surface area contributed by atoms with Gasteiger partial charge in [-0.3, -0.25) is 4.31 Å². The molecule has 0 saturated carbocycles. The molecule has 0 radical (unpaired) electrons. The molecule has 2 aromatic carbocycles. The largest absolute Gasteiger partial charge is 0.494 e. The third-order valence-corrected chi connectivity index (χ3v) is 5.38. The van der Waals surface area contributed by atoms with Crippen LogP contribution in [0, 0.1) is 11.6 Å². The third kappa shape index (κ3) is 4.13. The first-order valence-electron chi connectivity index (χ1n) is 7.91. The summed E-state index contributed by atoms with van der Waals surface area (Å²) in [5.74, 6) is -1.83. The van der Waals surface area contributed by atoms with Crippen molar-refractivity contribution in [3.63, 3.8) is 0 Å². The topological polar surface area (TPSA) is 81.9 Å². The molecule has 0 spiro atoms. The van der Waals surface area contributed by atoms with E-state index in [9.17, 15) is 17.2 Å². The van der Waals surface area contributed by atoms with Crippen LogP contribution in [0.5, 0.6) is 11.5 Å². The van der Waals surface area contributed by atoms with Crippen molar-refractivity contribution in [2.24, 2.45) is 0 Å². The Morgan fingerprint density at radius 2 is 1.96 bits per heavy atom. The Morgan fingerprint density at radius 1 is 1.30 bits per heavy atom. The maximum absolute atomic E-state index is 14.0. The Labute approximate surface area is 158 Å². The lowest BCUT2D eigenvalue weighted by Crippen LogP contribution is -2.38. The molecule has 148 valence electrons. The number of ether oxygens (including phenoxy) is 2. The molecule has 1 heterocycles. The molecule has 27 heavy (non-hydrogen) atoms. The van der Waals surface area contributed by atoms with Gasteiger partial charge in [-0.15, -0.1) is 6.58 Å². The maximum atomic E-state index is 14.0. The Hall–Kier alpha value is -2.81. The second kappa shape index (κ2) is 8.26. The minimum Gasteiger partial charge on any atom is -0.494 e. The van der Waals surface area contributed by atoms with E-state index < -0.39 is 21.7 Å². The molecule has 0 amide bonds. The summed E-state index contributed by atoms with van der Waals surface area (Å²) in [5, 5.41) is 0. The first-order chi connectivity index (χ1) is 12.8. The smallest absolute Gasteiger partial charge is 0.264 e. The van der Waals surface area contributed by atoms with Crippen molar-refractivity contribution < 1.29 is 28.1 Å². The van der Waals surface area contributed by atoms with Crippen molar-refractivity contribution in [2.75, 3.05) is 30.3 Å². The van der Waals surface area contributed by atoms with Gasteiger partial charge in [0.2, 0.25) is 0 Å². The summed E-state index contributed by atoms with van der Waals surface area (Å²) in [6.45, 7) is 5.20. The number of allylic oxidation sites excluding steroid dienone is 1. The maximum Gasteiger partial charge on any atom is 0.264 e. The molecule has 6 nitrogen and oxygen atoms in total. The molecule has 3 rings (SSSR count). The normalized spacial score (nSPS) is 13.0. The minimum absolute atomic E-state index is 0. The lowest BCUT2D eigenvalue weighted by atomic mass is 10.2. The molecule has 2 N–H and O–H groups in total. The molecule has 0 bridgehead atoms. The second-order valence-corrected chi connectivity index (χ2v) is 7.34. The Morgan fingerprint density at radius 3 is 2.59 bits per heavy atom. The Bertz CT molecular complexity index is 955. The van der Waals surface area contributed by atoms with Crippen molar-refractivity contribution >= 4 is 21.4 Å². The zero-order chi connectivity index (χ0) is 20.2. The number of benzene rings is 2. The van der Waals surface area contributed by atoms with Crippen molar-refractivity contribution in [3.8, 4) is 11.5 Å². The molecular weight excluding hydrogens is 378 g/mol. The predicted molar refractivity (Wildman–Crippen MR) is 102 cm³/mol. The van der Waals surface area contributed by atoms with Crippen molar-refractivity contribution in [2.45, 2.75) is 11.8 Å². The molecular formula is C18H22F2N2O4S. The summed E-state index contributed by atoms with van der Waals surface area (Å²) in [6.07, 6.45) is 1.75. The summed E-state index contributed by atoms with van der Waals surface area (Å²) >= 11 is 0. The number of rotatable bonds is 3. The number of fused-ring (bicyclic) bond motifs is 1. The Kier molecular flexibility index (Phi) is 6.27. The van der Waals surface area contributed by atoms with Gasteiger partial charge in [0.1, 0.15) is 6.61 Å². The molecule has 0 aliphatic carbocycles. The van der Waals surface area contributed by atoms with E-state index in [1.54, 1.807) is 6.08 Å². The van der Waals surface area contributed by atoms with Crippen LogP contribution in [0.1, 0.15) is 8.35 Å². The number of nitrogen functional groups attached to an aromatic ring is 1. The van der Waals surface area contributed by atoms with Crippen molar-refractivity contribution in [3.05, 3.63) is 54.6 Å².